The van der Waals surface area contributed by atoms with Crippen LogP contribution in [0.5, 0.6) is 17.2 Å². The molecule has 3 N–H and O–H groups in total. The van der Waals surface area contributed by atoms with Crippen molar-refractivity contribution in [2.24, 2.45) is 5.73 Å². The summed E-state index contributed by atoms with van der Waals surface area (Å²) < 4.78 is 16.1. The van der Waals surface area contributed by atoms with E-state index in [4.69, 9.17) is 19.9 Å². The number of nitrogens with one attached hydrogen (secondary N) is 1. The monoisotopic (exact) mass is 250 g/mol. The van der Waals surface area contributed by atoms with Crippen molar-refractivity contribution >= 4 is 0 Å². The van der Waals surface area contributed by atoms with Gasteiger partial charge in [0.25, 0.3) is 0 Å². The Kier molecular flexibility index (Phi) is 3.82. The number of hydrogen-bond acceptors (Lipinski definition) is 5. The lowest BCUT2D eigenvalue weighted by Crippen LogP contribution is -2.31. The van der Waals surface area contributed by atoms with Crippen molar-refractivity contribution in [3.63, 3.8) is 0 Å². The number of nitrogens with two attached hydrogens (primary N) is 1. The third-order valence-corrected chi connectivity index (χ3v) is 2.80. The molecule has 1 aromatic rings. The Labute approximate surface area is 107 Å². The van der Waals surface area contributed by atoms with E-state index in [9.17, 15) is 0 Å². The largest absolute Gasteiger partial charge is 0.493 e. The van der Waals surface area contributed by atoms with Gasteiger partial charge in [-0.1, -0.05) is 0 Å². The minimum Gasteiger partial charge on any atom is -0.493 e. The van der Waals surface area contributed by atoms with E-state index in [-0.39, 0.29) is 6.04 Å². The molecule has 18 heavy (non-hydrogen) atoms. The van der Waals surface area contributed by atoms with E-state index >= 15 is 0 Å². The van der Waals surface area contributed by atoms with Crippen LogP contribution in [0.3, 0.4) is 0 Å². The molecule has 5 heteroatoms. The summed E-state index contributed by atoms with van der Waals surface area (Å²) in [7, 11) is 3.21. The highest BCUT2D eigenvalue weighted by molar-refractivity contribution is 5.45. The maximum Gasteiger partial charge on any atom is 0.164 e. The Hall–Kier alpha value is -2.04. The highest BCUT2D eigenvalue weighted by atomic mass is 16.5. The predicted octanol–water partition coefficient (Wildman–Crippen LogP) is 1.24. The van der Waals surface area contributed by atoms with Gasteiger partial charge < -0.3 is 25.3 Å². The van der Waals surface area contributed by atoms with Crippen molar-refractivity contribution in [3.05, 3.63) is 30.1 Å². The van der Waals surface area contributed by atoms with E-state index in [1.807, 2.05) is 24.3 Å². The summed E-state index contributed by atoms with van der Waals surface area (Å²) in [5, 5.41) is 3.13. The number of benzene rings is 1. The summed E-state index contributed by atoms with van der Waals surface area (Å²) in [5.74, 6) is 2.82. The molecule has 1 aromatic carbocycles. The maximum atomic E-state index is 5.69. The highest BCUT2D eigenvalue weighted by Gasteiger charge is 2.14. The molecule has 1 atom stereocenters. The molecular weight excluding hydrogens is 232 g/mol. The average molecular weight is 250 g/mol. The zero-order valence-corrected chi connectivity index (χ0v) is 10.6. The Bertz CT molecular complexity index is 446. The number of hydrogen-bond donors (Lipinski definition) is 2. The summed E-state index contributed by atoms with van der Waals surface area (Å²) in [4.78, 5) is 0. The van der Waals surface area contributed by atoms with E-state index in [0.29, 0.717) is 18.1 Å². The second-order valence-electron chi connectivity index (χ2n) is 4.06. The van der Waals surface area contributed by atoms with Crippen LogP contribution in [-0.4, -0.2) is 26.9 Å². The molecule has 0 bridgehead atoms. The van der Waals surface area contributed by atoms with Crippen molar-refractivity contribution in [1.82, 2.24) is 5.32 Å². The standard InChI is InChI=1S/C13H18N2O3/c1-16-11-5-4-10(7-12(11)17-2)18-8-9-3-6-13(14)15-9/h4-7,9,15H,3,8,14H2,1-2H3. The minimum atomic E-state index is 0.234. The van der Waals surface area contributed by atoms with Gasteiger partial charge in [-0.15, -0.1) is 0 Å². The van der Waals surface area contributed by atoms with E-state index in [0.717, 1.165) is 18.0 Å². The Morgan fingerprint density at radius 3 is 2.67 bits per heavy atom. The highest BCUT2D eigenvalue weighted by Crippen LogP contribution is 2.30. The van der Waals surface area contributed by atoms with Crippen LogP contribution in [0, 0.1) is 0 Å². The number of methoxy groups -OCH3 is 2. The van der Waals surface area contributed by atoms with Crippen molar-refractivity contribution in [1.29, 1.82) is 0 Å². The quantitative estimate of drug-likeness (QED) is 0.823. The molecule has 2 rings (SSSR count). The summed E-state index contributed by atoms with van der Waals surface area (Å²) in [6, 6.07) is 5.72. The van der Waals surface area contributed by atoms with Gasteiger partial charge in [0.05, 0.1) is 26.1 Å². The normalized spacial score (nSPS) is 17.9. The van der Waals surface area contributed by atoms with Crippen molar-refractivity contribution < 1.29 is 14.2 Å². The van der Waals surface area contributed by atoms with Gasteiger partial charge in [-0.2, -0.15) is 0 Å². The van der Waals surface area contributed by atoms with Crippen LogP contribution < -0.4 is 25.3 Å². The van der Waals surface area contributed by atoms with Gasteiger partial charge in [-0.3, -0.25) is 0 Å². The van der Waals surface area contributed by atoms with Gasteiger partial charge >= 0.3 is 0 Å². The smallest absolute Gasteiger partial charge is 0.164 e. The molecule has 1 heterocycles. The summed E-state index contributed by atoms with van der Waals surface area (Å²) in [6.07, 6.45) is 2.85. The van der Waals surface area contributed by atoms with Gasteiger partial charge in [0.1, 0.15) is 12.4 Å². The molecule has 0 saturated carbocycles. The molecular formula is C13H18N2O3. The van der Waals surface area contributed by atoms with Gasteiger partial charge in [0, 0.05) is 6.07 Å². The number of ether oxygens (including phenoxy) is 3. The van der Waals surface area contributed by atoms with Crippen LogP contribution >= 0.6 is 0 Å². The van der Waals surface area contributed by atoms with Gasteiger partial charge in [0.15, 0.2) is 11.5 Å². The van der Waals surface area contributed by atoms with Gasteiger partial charge in [0.2, 0.25) is 0 Å². The number of rotatable bonds is 5. The van der Waals surface area contributed by atoms with Crippen LogP contribution in [0.15, 0.2) is 30.1 Å². The van der Waals surface area contributed by atoms with Crippen molar-refractivity contribution in [2.75, 3.05) is 20.8 Å². The first-order valence-electron chi connectivity index (χ1n) is 5.80. The Morgan fingerprint density at radius 1 is 1.28 bits per heavy atom. The predicted molar refractivity (Wildman–Crippen MR) is 68.9 cm³/mol. The van der Waals surface area contributed by atoms with Gasteiger partial charge in [-0.25, -0.2) is 0 Å². The van der Waals surface area contributed by atoms with Crippen LogP contribution in [-0.2, 0) is 0 Å². The third-order valence-electron chi connectivity index (χ3n) is 2.80. The third kappa shape index (κ3) is 2.80. The lowest BCUT2D eigenvalue weighted by Gasteiger charge is -2.15. The first-order valence-corrected chi connectivity index (χ1v) is 5.80. The van der Waals surface area contributed by atoms with Crippen molar-refractivity contribution in [2.45, 2.75) is 12.5 Å². The van der Waals surface area contributed by atoms with Crippen LogP contribution in [0.4, 0.5) is 0 Å². The van der Waals surface area contributed by atoms with E-state index in [1.165, 1.54) is 0 Å². The fourth-order valence-corrected chi connectivity index (χ4v) is 1.84. The molecule has 0 radical (unpaired) electrons. The molecule has 98 valence electrons. The van der Waals surface area contributed by atoms with E-state index < -0.39 is 0 Å². The minimum absolute atomic E-state index is 0.234. The molecule has 1 aliphatic rings. The molecule has 0 spiro atoms. The molecule has 0 aromatic heterocycles. The fourth-order valence-electron chi connectivity index (χ4n) is 1.84. The second kappa shape index (κ2) is 5.53. The summed E-state index contributed by atoms with van der Waals surface area (Å²) in [5.41, 5.74) is 5.64. The SMILES string of the molecule is COc1ccc(OCC2CC=C(N)N2)cc1OC. The molecule has 0 aliphatic carbocycles. The first-order chi connectivity index (χ1) is 8.72. The molecule has 0 fully saturated rings. The van der Waals surface area contributed by atoms with Gasteiger partial charge in [-0.05, 0) is 24.6 Å². The Balaban J connectivity index is 1.93. The summed E-state index contributed by atoms with van der Waals surface area (Å²) in [6.45, 7) is 0.562. The van der Waals surface area contributed by atoms with Crippen LogP contribution in [0.1, 0.15) is 6.42 Å². The lowest BCUT2D eigenvalue weighted by molar-refractivity contribution is 0.275. The molecule has 1 aliphatic heterocycles. The van der Waals surface area contributed by atoms with Crippen LogP contribution in [0.25, 0.3) is 0 Å². The molecule has 0 saturated heterocycles. The van der Waals surface area contributed by atoms with E-state index in [1.54, 1.807) is 14.2 Å². The molecule has 5 nitrogen and oxygen atoms in total. The summed E-state index contributed by atoms with van der Waals surface area (Å²) >= 11 is 0. The topological polar surface area (TPSA) is 65.7 Å². The van der Waals surface area contributed by atoms with Crippen molar-refractivity contribution in [3.8, 4) is 17.2 Å². The zero-order valence-electron chi connectivity index (χ0n) is 10.6. The lowest BCUT2D eigenvalue weighted by atomic mass is 10.2. The molecule has 1 unspecified atom stereocenters. The fraction of sp³-hybridized carbons (Fsp3) is 0.385. The van der Waals surface area contributed by atoms with Crippen LogP contribution in [0.2, 0.25) is 0 Å². The van der Waals surface area contributed by atoms with E-state index in [2.05, 4.69) is 5.32 Å². The second-order valence-corrected chi connectivity index (χ2v) is 4.06. The Morgan fingerprint density at radius 2 is 2.06 bits per heavy atom. The molecule has 0 amide bonds. The first kappa shape index (κ1) is 12.4. The maximum absolute atomic E-state index is 5.69. The zero-order chi connectivity index (χ0) is 13.0. The average Bonchev–Trinajstić information content (AvgIpc) is 2.81.